The molecule has 4 nitrogen and oxygen atoms in total. The first kappa shape index (κ1) is 12.2. The Balaban J connectivity index is 3.26. The van der Waals surface area contributed by atoms with Crippen LogP contribution in [-0.2, 0) is 9.84 Å². The van der Waals surface area contributed by atoms with Gasteiger partial charge in [-0.3, -0.25) is 0 Å². The van der Waals surface area contributed by atoms with Crippen LogP contribution in [0.4, 0.5) is 0 Å². The summed E-state index contributed by atoms with van der Waals surface area (Å²) in [6.45, 7) is 0. The van der Waals surface area contributed by atoms with E-state index < -0.39 is 9.84 Å². The van der Waals surface area contributed by atoms with Gasteiger partial charge in [-0.05, 0) is 12.1 Å². The first-order valence-electron chi connectivity index (χ1n) is 4.11. The fourth-order valence-corrected chi connectivity index (χ4v) is 2.24. The molecule has 0 bridgehead atoms. The highest BCUT2D eigenvalue weighted by Gasteiger charge is 2.14. The number of benzene rings is 1. The summed E-state index contributed by atoms with van der Waals surface area (Å²) in [6.07, 6.45) is 0. The Morgan fingerprint density at radius 2 is 1.80 bits per heavy atom. The van der Waals surface area contributed by atoms with Gasteiger partial charge >= 0.3 is 0 Å². The molecule has 0 N–H and O–H groups in total. The molecule has 0 aliphatic rings. The van der Waals surface area contributed by atoms with E-state index >= 15 is 0 Å². The van der Waals surface area contributed by atoms with Gasteiger partial charge < -0.3 is 9.47 Å². The highest BCUT2D eigenvalue weighted by Crippen LogP contribution is 2.29. The van der Waals surface area contributed by atoms with E-state index in [1.54, 1.807) is 6.07 Å². The molecule has 84 valence electrons. The molecule has 15 heavy (non-hydrogen) atoms. The van der Waals surface area contributed by atoms with E-state index in [4.69, 9.17) is 9.47 Å². The van der Waals surface area contributed by atoms with Crippen molar-refractivity contribution in [2.24, 2.45) is 0 Å². The van der Waals surface area contributed by atoms with Crippen molar-refractivity contribution in [1.29, 1.82) is 0 Å². The van der Waals surface area contributed by atoms with Crippen molar-refractivity contribution >= 4 is 22.5 Å². The summed E-state index contributed by atoms with van der Waals surface area (Å²) in [5.74, 6) is 0.885. The molecule has 0 amide bonds. The van der Waals surface area contributed by atoms with E-state index in [-0.39, 0.29) is 9.98 Å². The van der Waals surface area contributed by atoms with Crippen molar-refractivity contribution in [2.75, 3.05) is 19.3 Å². The highest BCUT2D eigenvalue weighted by atomic mass is 32.2. The number of hydrogen-bond acceptors (Lipinski definition) is 5. The lowest BCUT2D eigenvalue weighted by atomic mass is 10.3. The van der Waals surface area contributed by atoms with Crippen molar-refractivity contribution in [3.63, 3.8) is 0 Å². The zero-order valence-corrected chi connectivity index (χ0v) is 10.1. The largest absolute Gasteiger partial charge is 0.493 e. The number of thiol groups is 1. The van der Waals surface area contributed by atoms with Crippen LogP contribution in [0.3, 0.4) is 0 Å². The first-order valence-corrected chi connectivity index (χ1v) is 6.39. The summed E-state index contributed by atoms with van der Waals surface area (Å²) in [7, 11) is -0.383. The fraction of sp³-hybridized carbons (Fsp3) is 0.333. The molecule has 1 aromatic rings. The molecular weight excluding hydrogens is 236 g/mol. The topological polar surface area (TPSA) is 52.6 Å². The minimum atomic E-state index is -3.33. The van der Waals surface area contributed by atoms with Crippen LogP contribution in [0, 0.1) is 0 Å². The van der Waals surface area contributed by atoms with Gasteiger partial charge in [-0.15, -0.1) is 0 Å². The van der Waals surface area contributed by atoms with Gasteiger partial charge in [0.25, 0.3) is 0 Å². The number of rotatable bonds is 4. The summed E-state index contributed by atoms with van der Waals surface area (Å²) in [5.41, 5.74) is 0. The molecule has 1 aromatic carbocycles. The molecule has 0 aliphatic carbocycles. The number of ether oxygens (including phenoxy) is 2. The molecule has 0 heterocycles. The Bertz CT molecular complexity index is 439. The van der Waals surface area contributed by atoms with E-state index in [1.165, 1.54) is 26.4 Å². The molecule has 0 radical (unpaired) electrons. The minimum absolute atomic E-state index is 0.176. The summed E-state index contributed by atoms with van der Waals surface area (Å²) < 4.78 is 33.0. The Morgan fingerprint density at radius 3 is 2.27 bits per heavy atom. The molecule has 0 saturated carbocycles. The van der Waals surface area contributed by atoms with Crippen LogP contribution < -0.4 is 9.47 Å². The van der Waals surface area contributed by atoms with Crippen LogP contribution in [0.15, 0.2) is 23.1 Å². The summed E-state index contributed by atoms with van der Waals surface area (Å²) in [6, 6.07) is 4.44. The quantitative estimate of drug-likeness (QED) is 0.818. The van der Waals surface area contributed by atoms with E-state index in [0.717, 1.165) is 0 Å². The third-order valence-electron chi connectivity index (χ3n) is 1.88. The fourth-order valence-electron chi connectivity index (χ4n) is 1.08. The van der Waals surface area contributed by atoms with Gasteiger partial charge in [-0.2, -0.15) is 12.6 Å². The van der Waals surface area contributed by atoms with Crippen LogP contribution in [0.2, 0.25) is 0 Å². The Hall–Kier alpha value is -0.880. The molecule has 0 spiro atoms. The van der Waals surface area contributed by atoms with Gasteiger partial charge in [0, 0.05) is 6.07 Å². The Labute approximate surface area is 94.5 Å². The van der Waals surface area contributed by atoms with E-state index in [0.29, 0.717) is 11.5 Å². The third kappa shape index (κ3) is 2.57. The van der Waals surface area contributed by atoms with Gasteiger partial charge in [-0.1, -0.05) is 0 Å². The Morgan fingerprint density at radius 1 is 1.20 bits per heavy atom. The lowest BCUT2D eigenvalue weighted by Crippen LogP contribution is -2.02. The molecule has 1 rings (SSSR count). The first-order chi connectivity index (χ1) is 7.05. The zero-order valence-electron chi connectivity index (χ0n) is 8.43. The molecule has 0 aliphatic heterocycles. The Kier molecular flexibility index (Phi) is 3.87. The SMILES string of the molecule is COc1ccc(S(=O)(=O)CS)cc1OC. The van der Waals surface area contributed by atoms with Crippen LogP contribution in [-0.4, -0.2) is 27.7 Å². The van der Waals surface area contributed by atoms with Gasteiger partial charge in [0.1, 0.15) is 0 Å². The summed E-state index contributed by atoms with van der Waals surface area (Å²) in [4.78, 5) is 0.176. The smallest absolute Gasteiger partial charge is 0.187 e. The zero-order chi connectivity index (χ0) is 11.5. The normalized spacial score (nSPS) is 11.1. The van der Waals surface area contributed by atoms with Crippen molar-refractivity contribution in [2.45, 2.75) is 4.90 Å². The predicted molar refractivity (Wildman–Crippen MR) is 60.6 cm³/mol. The van der Waals surface area contributed by atoms with Crippen molar-refractivity contribution in [3.05, 3.63) is 18.2 Å². The second-order valence-electron chi connectivity index (χ2n) is 2.76. The van der Waals surface area contributed by atoms with Gasteiger partial charge in [0.05, 0.1) is 24.2 Å². The highest BCUT2D eigenvalue weighted by molar-refractivity contribution is 8.03. The molecule has 0 unspecified atom stereocenters. The second-order valence-corrected chi connectivity index (χ2v) is 5.49. The van der Waals surface area contributed by atoms with Gasteiger partial charge in [-0.25, -0.2) is 8.42 Å². The molecular formula is C9H12O4S2. The average Bonchev–Trinajstić information content (AvgIpc) is 2.28. The lowest BCUT2D eigenvalue weighted by molar-refractivity contribution is 0.354. The standard InChI is InChI=1S/C9H12O4S2/c1-12-8-4-3-7(5-9(8)13-2)15(10,11)6-14/h3-5,14H,6H2,1-2H3. The van der Waals surface area contributed by atoms with Crippen LogP contribution in [0.25, 0.3) is 0 Å². The maximum absolute atomic E-state index is 11.5. The van der Waals surface area contributed by atoms with Crippen molar-refractivity contribution in [3.8, 4) is 11.5 Å². The van der Waals surface area contributed by atoms with Crippen molar-refractivity contribution < 1.29 is 17.9 Å². The number of sulfone groups is 1. The lowest BCUT2D eigenvalue weighted by Gasteiger charge is -2.08. The van der Waals surface area contributed by atoms with E-state index in [2.05, 4.69) is 12.6 Å². The predicted octanol–water partition coefficient (Wildman–Crippen LogP) is 1.36. The summed E-state index contributed by atoms with van der Waals surface area (Å²) in [5, 5.41) is -0.234. The molecule has 0 saturated heterocycles. The van der Waals surface area contributed by atoms with Crippen LogP contribution in [0.1, 0.15) is 0 Å². The second kappa shape index (κ2) is 4.76. The average molecular weight is 248 g/mol. The van der Waals surface area contributed by atoms with Crippen LogP contribution in [0.5, 0.6) is 11.5 Å². The van der Waals surface area contributed by atoms with Crippen molar-refractivity contribution in [1.82, 2.24) is 0 Å². The number of hydrogen-bond donors (Lipinski definition) is 1. The molecule has 6 heteroatoms. The molecule has 0 aromatic heterocycles. The van der Waals surface area contributed by atoms with Gasteiger partial charge in [0.2, 0.25) is 0 Å². The third-order valence-corrected chi connectivity index (χ3v) is 4.22. The maximum Gasteiger partial charge on any atom is 0.187 e. The van der Waals surface area contributed by atoms with E-state index in [1.807, 2.05) is 0 Å². The minimum Gasteiger partial charge on any atom is -0.493 e. The molecule has 0 atom stereocenters. The molecule has 0 fully saturated rings. The van der Waals surface area contributed by atoms with Gasteiger partial charge in [0.15, 0.2) is 21.3 Å². The number of methoxy groups -OCH3 is 2. The maximum atomic E-state index is 11.5. The summed E-state index contributed by atoms with van der Waals surface area (Å²) >= 11 is 3.76. The monoisotopic (exact) mass is 248 g/mol. The van der Waals surface area contributed by atoms with Crippen LogP contribution >= 0.6 is 12.6 Å². The van der Waals surface area contributed by atoms with E-state index in [9.17, 15) is 8.42 Å².